The average molecular weight is 299 g/mol. The summed E-state index contributed by atoms with van der Waals surface area (Å²) in [6.45, 7) is 5.15. The van der Waals surface area contributed by atoms with E-state index >= 15 is 0 Å². The van der Waals surface area contributed by atoms with Gasteiger partial charge in [-0.25, -0.2) is 4.79 Å². The number of aliphatic hydroxyl groups is 1. The van der Waals surface area contributed by atoms with Crippen LogP contribution in [0.3, 0.4) is 0 Å². The summed E-state index contributed by atoms with van der Waals surface area (Å²) in [5, 5.41) is 14.8. The Hall–Kier alpha value is -0.810. The number of likely N-dealkylation sites (N-methyl/N-ethyl adjacent to an activating group) is 1. The van der Waals surface area contributed by atoms with Crippen molar-refractivity contribution >= 4 is 6.03 Å². The van der Waals surface area contributed by atoms with Crippen LogP contribution in [-0.4, -0.2) is 54.9 Å². The number of urea groups is 1. The molecule has 0 radical (unpaired) electrons. The summed E-state index contributed by atoms with van der Waals surface area (Å²) in [5.41, 5.74) is 0.0867. The minimum absolute atomic E-state index is 0.0867. The fourth-order valence-electron chi connectivity index (χ4n) is 3.35. The Morgan fingerprint density at radius 2 is 2.19 bits per heavy atom. The summed E-state index contributed by atoms with van der Waals surface area (Å²) in [5.74, 6) is 0.717. The van der Waals surface area contributed by atoms with Crippen LogP contribution in [0.2, 0.25) is 0 Å². The van der Waals surface area contributed by atoms with Gasteiger partial charge >= 0.3 is 6.03 Å². The van der Waals surface area contributed by atoms with Crippen LogP contribution >= 0.6 is 0 Å². The highest BCUT2D eigenvalue weighted by molar-refractivity contribution is 5.74. The normalized spacial score (nSPS) is 27.4. The quantitative estimate of drug-likeness (QED) is 0.673. The summed E-state index contributed by atoms with van der Waals surface area (Å²) in [6.07, 6.45) is 6.33. The number of hydrogen-bond donors (Lipinski definition) is 3. The number of nitrogens with zero attached hydrogens (tertiary/aromatic N) is 1. The molecule has 3 atom stereocenters. The molecule has 21 heavy (non-hydrogen) atoms. The molecule has 124 valence electrons. The van der Waals surface area contributed by atoms with Crippen molar-refractivity contribution in [2.24, 2.45) is 5.92 Å². The van der Waals surface area contributed by atoms with E-state index in [0.29, 0.717) is 6.54 Å². The van der Waals surface area contributed by atoms with E-state index in [1.807, 2.05) is 6.92 Å². The van der Waals surface area contributed by atoms with Crippen molar-refractivity contribution in [2.75, 3.05) is 27.2 Å². The van der Waals surface area contributed by atoms with Gasteiger partial charge in [-0.3, -0.25) is 0 Å². The van der Waals surface area contributed by atoms with E-state index < -0.39 is 0 Å². The van der Waals surface area contributed by atoms with Crippen LogP contribution in [0.15, 0.2) is 0 Å². The molecule has 0 heterocycles. The third-order valence-corrected chi connectivity index (χ3v) is 4.77. The molecule has 0 spiro atoms. The lowest BCUT2D eigenvalue weighted by Gasteiger charge is -2.45. The number of hydrogen-bond acceptors (Lipinski definition) is 3. The molecule has 5 heteroatoms. The zero-order valence-corrected chi connectivity index (χ0v) is 14.1. The van der Waals surface area contributed by atoms with Crippen LogP contribution in [0, 0.1) is 5.92 Å². The number of aliphatic hydroxyl groups excluding tert-OH is 1. The third-order valence-electron chi connectivity index (χ3n) is 4.77. The van der Waals surface area contributed by atoms with Crippen molar-refractivity contribution in [1.29, 1.82) is 0 Å². The molecule has 0 aliphatic heterocycles. The largest absolute Gasteiger partial charge is 0.396 e. The zero-order chi connectivity index (χ0) is 15.9. The molecule has 1 saturated carbocycles. The highest BCUT2D eigenvalue weighted by atomic mass is 16.3. The Kier molecular flexibility index (Phi) is 7.46. The average Bonchev–Trinajstić information content (AvgIpc) is 2.43. The van der Waals surface area contributed by atoms with Gasteiger partial charge in [-0.1, -0.05) is 19.8 Å². The van der Waals surface area contributed by atoms with Crippen LogP contribution < -0.4 is 10.6 Å². The van der Waals surface area contributed by atoms with E-state index in [1.54, 1.807) is 0 Å². The maximum absolute atomic E-state index is 12.0. The van der Waals surface area contributed by atoms with Crippen molar-refractivity contribution in [3.8, 4) is 0 Å². The highest BCUT2D eigenvalue weighted by Crippen LogP contribution is 2.35. The molecule has 1 fully saturated rings. The van der Waals surface area contributed by atoms with Crippen molar-refractivity contribution in [3.63, 3.8) is 0 Å². The van der Waals surface area contributed by atoms with Gasteiger partial charge in [-0.15, -0.1) is 0 Å². The molecule has 0 aromatic carbocycles. The second-order valence-corrected chi connectivity index (χ2v) is 6.91. The maximum atomic E-state index is 12.0. The van der Waals surface area contributed by atoms with Gasteiger partial charge in [0.25, 0.3) is 0 Å². The van der Waals surface area contributed by atoms with Gasteiger partial charge in [0.2, 0.25) is 0 Å². The number of carbonyl (C=O) groups excluding carboxylic acids is 1. The standard InChI is InChI=1S/C16H33N3O2/c1-13-7-5-9-16(11-13,19(3)4)12-17-15(21)18-14(2)8-6-10-20/h13-14,20H,5-12H2,1-4H3,(H2,17,18,21). The molecule has 3 unspecified atom stereocenters. The Morgan fingerprint density at radius 3 is 2.76 bits per heavy atom. The molecule has 0 aromatic rings. The van der Waals surface area contributed by atoms with Crippen molar-refractivity contribution in [2.45, 2.75) is 64.0 Å². The second kappa shape index (κ2) is 8.59. The van der Waals surface area contributed by atoms with Crippen LogP contribution in [0.5, 0.6) is 0 Å². The fourth-order valence-corrected chi connectivity index (χ4v) is 3.35. The Morgan fingerprint density at radius 1 is 1.48 bits per heavy atom. The van der Waals surface area contributed by atoms with Gasteiger partial charge in [-0.05, 0) is 52.6 Å². The number of amides is 2. The van der Waals surface area contributed by atoms with Gasteiger partial charge in [0.05, 0.1) is 0 Å². The number of nitrogens with one attached hydrogen (secondary N) is 2. The smallest absolute Gasteiger partial charge is 0.315 e. The summed E-state index contributed by atoms with van der Waals surface area (Å²) in [6, 6.07) is -0.00220. The lowest BCUT2D eigenvalue weighted by atomic mass is 9.75. The van der Waals surface area contributed by atoms with Crippen molar-refractivity contribution < 1.29 is 9.90 Å². The Bertz CT molecular complexity index is 323. The Labute approximate surface area is 129 Å². The van der Waals surface area contributed by atoms with E-state index in [4.69, 9.17) is 5.11 Å². The molecule has 1 aliphatic rings. The predicted molar refractivity (Wildman–Crippen MR) is 86.4 cm³/mol. The van der Waals surface area contributed by atoms with Gasteiger partial charge in [0.15, 0.2) is 0 Å². The van der Waals surface area contributed by atoms with E-state index in [0.717, 1.165) is 31.6 Å². The van der Waals surface area contributed by atoms with Crippen molar-refractivity contribution in [3.05, 3.63) is 0 Å². The summed E-state index contributed by atoms with van der Waals surface area (Å²) < 4.78 is 0. The van der Waals surface area contributed by atoms with Crippen LogP contribution in [0.1, 0.15) is 52.4 Å². The first-order valence-corrected chi connectivity index (χ1v) is 8.22. The van der Waals surface area contributed by atoms with E-state index in [2.05, 4.69) is 36.6 Å². The van der Waals surface area contributed by atoms with Gasteiger partial charge in [0, 0.05) is 24.7 Å². The van der Waals surface area contributed by atoms with Crippen LogP contribution in [0.4, 0.5) is 4.79 Å². The topological polar surface area (TPSA) is 64.6 Å². The van der Waals surface area contributed by atoms with E-state index in [-0.39, 0.29) is 24.2 Å². The zero-order valence-electron chi connectivity index (χ0n) is 14.1. The Balaban J connectivity index is 2.44. The first kappa shape index (κ1) is 18.2. The van der Waals surface area contributed by atoms with E-state index in [1.165, 1.54) is 12.8 Å². The minimum atomic E-state index is -0.0973. The van der Waals surface area contributed by atoms with E-state index in [9.17, 15) is 4.79 Å². The molecule has 2 amide bonds. The molecule has 0 saturated heterocycles. The molecule has 1 aliphatic carbocycles. The summed E-state index contributed by atoms with van der Waals surface area (Å²) in [4.78, 5) is 14.3. The lowest BCUT2D eigenvalue weighted by Crippen LogP contribution is -2.56. The van der Waals surface area contributed by atoms with Crippen LogP contribution in [-0.2, 0) is 0 Å². The maximum Gasteiger partial charge on any atom is 0.315 e. The lowest BCUT2D eigenvalue weighted by molar-refractivity contribution is 0.0772. The molecule has 0 aromatic heterocycles. The minimum Gasteiger partial charge on any atom is -0.396 e. The van der Waals surface area contributed by atoms with Gasteiger partial charge in [-0.2, -0.15) is 0 Å². The predicted octanol–water partition coefficient (Wildman–Crippen LogP) is 1.96. The SMILES string of the molecule is CC1CCCC(CNC(=O)NC(C)CCCO)(N(C)C)C1. The fraction of sp³-hybridized carbons (Fsp3) is 0.938. The van der Waals surface area contributed by atoms with Gasteiger partial charge < -0.3 is 20.6 Å². The second-order valence-electron chi connectivity index (χ2n) is 6.91. The molecular formula is C16H33N3O2. The van der Waals surface area contributed by atoms with Crippen LogP contribution in [0.25, 0.3) is 0 Å². The molecule has 3 N–H and O–H groups in total. The first-order valence-electron chi connectivity index (χ1n) is 8.22. The summed E-state index contributed by atoms with van der Waals surface area (Å²) in [7, 11) is 4.23. The summed E-state index contributed by atoms with van der Waals surface area (Å²) >= 11 is 0. The highest BCUT2D eigenvalue weighted by Gasteiger charge is 2.37. The monoisotopic (exact) mass is 299 g/mol. The molecule has 1 rings (SSSR count). The first-order chi connectivity index (χ1) is 9.89. The number of carbonyl (C=O) groups is 1. The number of rotatable bonds is 7. The molecular weight excluding hydrogens is 266 g/mol. The molecule has 5 nitrogen and oxygen atoms in total. The van der Waals surface area contributed by atoms with Crippen molar-refractivity contribution in [1.82, 2.24) is 15.5 Å². The third kappa shape index (κ3) is 5.83. The molecule has 0 bridgehead atoms. The van der Waals surface area contributed by atoms with Gasteiger partial charge in [0.1, 0.15) is 0 Å².